The zero-order chi connectivity index (χ0) is 20.6. The summed E-state index contributed by atoms with van der Waals surface area (Å²) >= 11 is 0. The number of imide groups is 1. The molecule has 1 fully saturated rings. The predicted molar refractivity (Wildman–Crippen MR) is 102 cm³/mol. The Bertz CT molecular complexity index is 990. The highest BCUT2D eigenvalue weighted by molar-refractivity contribution is 6.10. The third-order valence-electron chi connectivity index (χ3n) is 4.90. The Morgan fingerprint density at radius 2 is 1.90 bits per heavy atom. The lowest BCUT2D eigenvalue weighted by molar-refractivity contribution is -0.133. The number of hydrogen-bond donors (Lipinski definition) is 2. The van der Waals surface area contributed by atoms with Crippen LogP contribution in [-0.4, -0.2) is 43.2 Å². The van der Waals surface area contributed by atoms with E-state index in [0.29, 0.717) is 28.5 Å². The quantitative estimate of drug-likeness (QED) is 0.746. The number of nitrogens with one attached hydrogen (secondary N) is 2. The fraction of sp³-hybridized carbons (Fsp3) is 0.250. The monoisotopic (exact) mass is 397 g/mol. The normalized spacial score (nSPS) is 19.9. The first-order valence-electron chi connectivity index (χ1n) is 8.89. The van der Waals surface area contributed by atoms with Crippen molar-refractivity contribution in [1.82, 2.24) is 10.2 Å². The molecular formula is C20H19N3O6. The van der Waals surface area contributed by atoms with Crippen LogP contribution in [0.15, 0.2) is 42.5 Å². The van der Waals surface area contributed by atoms with Crippen LogP contribution in [0.4, 0.5) is 10.5 Å². The van der Waals surface area contributed by atoms with E-state index in [-0.39, 0.29) is 6.79 Å². The summed E-state index contributed by atoms with van der Waals surface area (Å²) in [5.74, 6) is 0.711. The van der Waals surface area contributed by atoms with Gasteiger partial charge >= 0.3 is 6.03 Å². The molecular weight excluding hydrogens is 378 g/mol. The second-order valence-electron chi connectivity index (χ2n) is 6.79. The number of benzene rings is 2. The number of methoxy groups -OCH3 is 1. The van der Waals surface area contributed by atoms with E-state index < -0.39 is 29.9 Å². The number of nitrogens with zero attached hydrogens (tertiary/aromatic N) is 1. The van der Waals surface area contributed by atoms with Crippen molar-refractivity contribution in [3.63, 3.8) is 0 Å². The molecule has 0 bridgehead atoms. The van der Waals surface area contributed by atoms with Crippen LogP contribution < -0.4 is 24.8 Å². The third kappa shape index (κ3) is 3.31. The van der Waals surface area contributed by atoms with Crippen LogP contribution in [-0.2, 0) is 15.1 Å². The van der Waals surface area contributed by atoms with E-state index in [1.165, 1.54) is 0 Å². The molecule has 0 saturated carbocycles. The number of fused-ring (bicyclic) bond motifs is 1. The van der Waals surface area contributed by atoms with Gasteiger partial charge in [0.25, 0.3) is 5.91 Å². The van der Waals surface area contributed by atoms with E-state index in [1.807, 2.05) is 0 Å². The van der Waals surface area contributed by atoms with Crippen molar-refractivity contribution < 1.29 is 28.6 Å². The highest BCUT2D eigenvalue weighted by Crippen LogP contribution is 2.37. The summed E-state index contributed by atoms with van der Waals surface area (Å²) in [5, 5.41) is 5.32. The predicted octanol–water partition coefficient (Wildman–Crippen LogP) is 1.83. The molecule has 0 radical (unpaired) electrons. The van der Waals surface area contributed by atoms with Crippen LogP contribution in [0.2, 0.25) is 0 Å². The Balaban J connectivity index is 1.48. The summed E-state index contributed by atoms with van der Waals surface area (Å²) < 4.78 is 15.7. The molecule has 2 heterocycles. The second-order valence-corrected chi connectivity index (χ2v) is 6.79. The van der Waals surface area contributed by atoms with E-state index in [2.05, 4.69) is 10.6 Å². The summed E-state index contributed by atoms with van der Waals surface area (Å²) in [7, 11) is 1.54. The first-order chi connectivity index (χ1) is 13.9. The number of anilines is 1. The van der Waals surface area contributed by atoms with Gasteiger partial charge < -0.3 is 24.8 Å². The van der Waals surface area contributed by atoms with Crippen molar-refractivity contribution >= 4 is 23.5 Å². The van der Waals surface area contributed by atoms with Crippen molar-refractivity contribution in [3.8, 4) is 17.2 Å². The van der Waals surface area contributed by atoms with Gasteiger partial charge in [-0.15, -0.1) is 0 Å². The SMILES string of the molecule is COc1ccc(NC(=O)CN2C(=O)N[C@](C)(c3ccc4c(c3)OCO4)C2=O)cc1. The molecule has 4 amide bonds. The Morgan fingerprint density at radius 3 is 2.62 bits per heavy atom. The number of amides is 4. The maximum absolute atomic E-state index is 13.0. The van der Waals surface area contributed by atoms with Crippen molar-refractivity contribution in [1.29, 1.82) is 0 Å². The van der Waals surface area contributed by atoms with Gasteiger partial charge in [0, 0.05) is 5.69 Å². The molecule has 2 aromatic rings. The number of carbonyl (C=O) groups excluding carboxylic acids is 3. The lowest BCUT2D eigenvalue weighted by Gasteiger charge is -2.22. The molecule has 2 aromatic carbocycles. The minimum atomic E-state index is -1.31. The average molecular weight is 397 g/mol. The largest absolute Gasteiger partial charge is 0.497 e. The minimum Gasteiger partial charge on any atom is -0.497 e. The Labute approximate surface area is 166 Å². The Hall–Kier alpha value is -3.75. The summed E-state index contributed by atoms with van der Waals surface area (Å²) in [6, 6.07) is 11.1. The van der Waals surface area contributed by atoms with Crippen LogP contribution in [0.5, 0.6) is 17.2 Å². The first kappa shape index (κ1) is 18.6. The summed E-state index contributed by atoms with van der Waals surface area (Å²) in [4.78, 5) is 38.7. The summed E-state index contributed by atoms with van der Waals surface area (Å²) in [5.41, 5.74) is -0.238. The second kappa shape index (κ2) is 7.01. The maximum atomic E-state index is 13.0. The molecule has 0 spiro atoms. The zero-order valence-corrected chi connectivity index (χ0v) is 15.9. The lowest BCUT2D eigenvalue weighted by atomic mass is 9.91. The Morgan fingerprint density at radius 1 is 1.17 bits per heavy atom. The molecule has 2 N–H and O–H groups in total. The van der Waals surface area contributed by atoms with Crippen molar-refractivity contribution in [2.45, 2.75) is 12.5 Å². The standard InChI is InChI=1S/C20H19N3O6/c1-20(12-3-8-15-16(9-12)29-11-28-15)18(25)23(19(26)22-20)10-17(24)21-13-4-6-14(27-2)7-5-13/h3-9H,10-11H2,1-2H3,(H,21,24)(H,22,26)/t20-/m1/s1. The van der Waals surface area contributed by atoms with Gasteiger partial charge in [-0.3, -0.25) is 14.5 Å². The van der Waals surface area contributed by atoms with Crippen LogP contribution in [0.1, 0.15) is 12.5 Å². The van der Waals surface area contributed by atoms with Gasteiger partial charge in [-0.25, -0.2) is 4.79 Å². The molecule has 29 heavy (non-hydrogen) atoms. The maximum Gasteiger partial charge on any atom is 0.325 e. The molecule has 9 nitrogen and oxygen atoms in total. The summed E-state index contributed by atoms with van der Waals surface area (Å²) in [6.07, 6.45) is 0. The molecule has 4 rings (SSSR count). The van der Waals surface area contributed by atoms with Crippen LogP contribution in [0.25, 0.3) is 0 Å². The third-order valence-corrected chi connectivity index (χ3v) is 4.90. The fourth-order valence-electron chi connectivity index (χ4n) is 3.26. The highest BCUT2D eigenvalue weighted by Gasteiger charge is 2.49. The van der Waals surface area contributed by atoms with Gasteiger partial charge in [0.15, 0.2) is 11.5 Å². The smallest absolute Gasteiger partial charge is 0.325 e. The zero-order valence-electron chi connectivity index (χ0n) is 15.9. The molecule has 2 aliphatic rings. The van der Waals surface area contributed by atoms with Crippen molar-refractivity contribution in [2.24, 2.45) is 0 Å². The van der Waals surface area contributed by atoms with Gasteiger partial charge in [0.1, 0.15) is 17.8 Å². The van der Waals surface area contributed by atoms with Crippen molar-refractivity contribution in [3.05, 3.63) is 48.0 Å². The van der Waals surface area contributed by atoms with Gasteiger partial charge in [-0.1, -0.05) is 6.07 Å². The molecule has 2 aliphatic heterocycles. The topological polar surface area (TPSA) is 106 Å². The molecule has 9 heteroatoms. The number of rotatable bonds is 5. The molecule has 1 atom stereocenters. The van der Waals surface area contributed by atoms with E-state index >= 15 is 0 Å². The van der Waals surface area contributed by atoms with Gasteiger partial charge in [-0.05, 0) is 48.9 Å². The number of carbonyl (C=O) groups is 3. The van der Waals surface area contributed by atoms with Gasteiger partial charge in [-0.2, -0.15) is 0 Å². The molecule has 1 saturated heterocycles. The highest BCUT2D eigenvalue weighted by atomic mass is 16.7. The molecule has 150 valence electrons. The Kier molecular flexibility index (Phi) is 4.50. The number of urea groups is 1. The van der Waals surface area contributed by atoms with Crippen LogP contribution in [0, 0.1) is 0 Å². The fourth-order valence-corrected chi connectivity index (χ4v) is 3.26. The molecule has 0 aromatic heterocycles. The van der Waals surface area contributed by atoms with E-state index in [9.17, 15) is 14.4 Å². The first-order valence-corrected chi connectivity index (χ1v) is 8.89. The van der Waals surface area contributed by atoms with Crippen molar-refractivity contribution in [2.75, 3.05) is 25.8 Å². The minimum absolute atomic E-state index is 0.105. The molecule has 0 aliphatic carbocycles. The average Bonchev–Trinajstić information content (AvgIpc) is 3.27. The van der Waals surface area contributed by atoms with Crippen LogP contribution in [0.3, 0.4) is 0 Å². The number of ether oxygens (including phenoxy) is 3. The van der Waals surface area contributed by atoms with Gasteiger partial charge in [0.2, 0.25) is 12.7 Å². The molecule has 0 unspecified atom stereocenters. The van der Waals surface area contributed by atoms with Gasteiger partial charge in [0.05, 0.1) is 7.11 Å². The summed E-state index contributed by atoms with van der Waals surface area (Å²) in [6.45, 7) is 1.29. The van der Waals surface area contributed by atoms with E-state index in [4.69, 9.17) is 14.2 Å². The lowest BCUT2D eigenvalue weighted by Crippen LogP contribution is -2.42. The number of hydrogen-bond acceptors (Lipinski definition) is 6. The van der Waals surface area contributed by atoms with Crippen LogP contribution >= 0.6 is 0 Å². The van der Waals surface area contributed by atoms with E-state index in [0.717, 1.165) is 4.90 Å². The van der Waals surface area contributed by atoms with E-state index in [1.54, 1.807) is 56.5 Å².